The standard InChI is InChI=1S/C22H27NOS/c24-22(23-19-8-4-5-9-19)21-15-14-20(25-21)18-12-10-17(11-13-18)16-6-2-1-3-7-16/h10-16,19H,1-9H2,(H,23,24). The van der Waals surface area contributed by atoms with E-state index in [-0.39, 0.29) is 5.91 Å². The average Bonchev–Trinajstić information content (AvgIpc) is 3.34. The first-order valence-corrected chi connectivity index (χ1v) is 10.6. The van der Waals surface area contributed by atoms with Crippen molar-refractivity contribution in [1.82, 2.24) is 5.32 Å². The van der Waals surface area contributed by atoms with Crippen molar-refractivity contribution >= 4 is 17.2 Å². The van der Waals surface area contributed by atoms with Crippen LogP contribution in [0.5, 0.6) is 0 Å². The van der Waals surface area contributed by atoms with Crippen LogP contribution in [-0.4, -0.2) is 11.9 Å². The van der Waals surface area contributed by atoms with Crippen molar-refractivity contribution < 1.29 is 4.79 Å². The predicted molar refractivity (Wildman–Crippen MR) is 105 cm³/mol. The molecule has 0 aliphatic heterocycles. The Labute approximate surface area is 154 Å². The molecule has 1 N–H and O–H groups in total. The third kappa shape index (κ3) is 3.98. The molecule has 0 unspecified atom stereocenters. The lowest BCUT2D eigenvalue weighted by Crippen LogP contribution is -2.31. The van der Waals surface area contributed by atoms with Gasteiger partial charge in [0.1, 0.15) is 0 Å². The van der Waals surface area contributed by atoms with E-state index < -0.39 is 0 Å². The fourth-order valence-corrected chi connectivity index (χ4v) is 5.21. The molecule has 2 aliphatic carbocycles. The van der Waals surface area contributed by atoms with Gasteiger partial charge in [0.15, 0.2) is 0 Å². The maximum absolute atomic E-state index is 12.4. The first-order valence-electron chi connectivity index (χ1n) is 9.80. The third-order valence-corrected chi connectivity index (χ3v) is 6.93. The van der Waals surface area contributed by atoms with Gasteiger partial charge in [-0.1, -0.05) is 56.4 Å². The molecule has 4 rings (SSSR count). The van der Waals surface area contributed by atoms with Gasteiger partial charge in [0.05, 0.1) is 4.88 Å². The molecule has 1 amide bonds. The topological polar surface area (TPSA) is 29.1 Å². The third-order valence-electron chi connectivity index (χ3n) is 5.79. The Balaban J connectivity index is 1.43. The minimum absolute atomic E-state index is 0.0991. The number of hydrogen-bond acceptors (Lipinski definition) is 2. The van der Waals surface area contributed by atoms with Gasteiger partial charge in [0.25, 0.3) is 5.91 Å². The fraction of sp³-hybridized carbons (Fsp3) is 0.500. The average molecular weight is 354 g/mol. The molecule has 0 atom stereocenters. The first kappa shape index (κ1) is 16.8. The number of thiophene rings is 1. The summed E-state index contributed by atoms with van der Waals surface area (Å²) in [6, 6.07) is 13.5. The van der Waals surface area contributed by atoms with Crippen LogP contribution in [0.4, 0.5) is 0 Å². The normalized spacial score (nSPS) is 19.2. The largest absolute Gasteiger partial charge is 0.349 e. The summed E-state index contributed by atoms with van der Waals surface area (Å²) in [6.45, 7) is 0. The van der Waals surface area contributed by atoms with E-state index in [9.17, 15) is 4.79 Å². The summed E-state index contributed by atoms with van der Waals surface area (Å²) >= 11 is 1.61. The van der Waals surface area contributed by atoms with Crippen LogP contribution < -0.4 is 5.32 Å². The molecular formula is C22H27NOS. The van der Waals surface area contributed by atoms with Gasteiger partial charge < -0.3 is 5.32 Å². The molecule has 2 aromatic rings. The summed E-state index contributed by atoms with van der Waals surface area (Å²) in [4.78, 5) is 14.4. The molecule has 2 saturated carbocycles. The molecular weight excluding hydrogens is 326 g/mol. The van der Waals surface area contributed by atoms with E-state index in [2.05, 4.69) is 35.6 Å². The summed E-state index contributed by atoms with van der Waals surface area (Å²) in [5.41, 5.74) is 2.71. The Kier molecular flexibility index (Phi) is 5.21. The van der Waals surface area contributed by atoms with E-state index in [1.54, 1.807) is 11.3 Å². The lowest BCUT2D eigenvalue weighted by atomic mass is 9.84. The van der Waals surface area contributed by atoms with E-state index >= 15 is 0 Å². The molecule has 0 spiro atoms. The monoisotopic (exact) mass is 353 g/mol. The Morgan fingerprint density at radius 3 is 2.24 bits per heavy atom. The number of hydrogen-bond donors (Lipinski definition) is 1. The van der Waals surface area contributed by atoms with Crippen molar-refractivity contribution in [1.29, 1.82) is 0 Å². The Morgan fingerprint density at radius 1 is 0.840 bits per heavy atom. The minimum atomic E-state index is 0.0991. The first-order chi connectivity index (χ1) is 12.3. The van der Waals surface area contributed by atoms with Crippen LogP contribution in [-0.2, 0) is 0 Å². The van der Waals surface area contributed by atoms with Crippen LogP contribution >= 0.6 is 11.3 Å². The molecule has 2 fully saturated rings. The second-order valence-corrected chi connectivity index (χ2v) is 8.66. The van der Waals surface area contributed by atoms with E-state index in [0.29, 0.717) is 6.04 Å². The molecule has 0 saturated heterocycles. The highest BCUT2D eigenvalue weighted by atomic mass is 32.1. The summed E-state index contributed by atoms with van der Waals surface area (Å²) in [6.07, 6.45) is 11.6. The van der Waals surface area contributed by atoms with E-state index in [1.807, 2.05) is 6.07 Å². The molecule has 1 heterocycles. The van der Waals surface area contributed by atoms with E-state index in [0.717, 1.165) is 23.6 Å². The second-order valence-electron chi connectivity index (χ2n) is 7.58. The van der Waals surface area contributed by atoms with Gasteiger partial charge in [0.2, 0.25) is 0 Å². The van der Waals surface area contributed by atoms with Crippen molar-refractivity contribution in [3.8, 4) is 10.4 Å². The smallest absolute Gasteiger partial charge is 0.261 e. The van der Waals surface area contributed by atoms with Crippen LogP contribution in [0.2, 0.25) is 0 Å². The number of nitrogens with one attached hydrogen (secondary N) is 1. The zero-order valence-electron chi connectivity index (χ0n) is 14.8. The Hall–Kier alpha value is -1.61. The molecule has 132 valence electrons. The van der Waals surface area contributed by atoms with E-state index in [4.69, 9.17) is 0 Å². The summed E-state index contributed by atoms with van der Waals surface area (Å²) in [7, 11) is 0. The van der Waals surface area contributed by atoms with Gasteiger partial charge in [-0.15, -0.1) is 11.3 Å². The number of carbonyl (C=O) groups is 1. The zero-order valence-corrected chi connectivity index (χ0v) is 15.6. The molecule has 0 bridgehead atoms. The second kappa shape index (κ2) is 7.74. The van der Waals surface area contributed by atoms with Crippen molar-refractivity contribution in [2.75, 3.05) is 0 Å². The maximum Gasteiger partial charge on any atom is 0.261 e. The number of benzene rings is 1. The number of rotatable bonds is 4. The molecule has 3 heteroatoms. The quantitative estimate of drug-likeness (QED) is 0.703. The molecule has 1 aromatic heterocycles. The maximum atomic E-state index is 12.4. The SMILES string of the molecule is O=C(NC1CCCC1)c1ccc(-c2ccc(C3CCCCC3)cc2)s1. The minimum Gasteiger partial charge on any atom is -0.349 e. The van der Waals surface area contributed by atoms with Crippen molar-refractivity contribution in [2.45, 2.75) is 69.7 Å². The molecule has 0 radical (unpaired) electrons. The van der Waals surface area contributed by atoms with Gasteiger partial charge in [-0.05, 0) is 54.9 Å². The Bertz CT molecular complexity index is 706. The Morgan fingerprint density at radius 2 is 1.52 bits per heavy atom. The van der Waals surface area contributed by atoms with Gasteiger partial charge >= 0.3 is 0 Å². The van der Waals surface area contributed by atoms with Crippen molar-refractivity contribution in [3.05, 3.63) is 46.8 Å². The lowest BCUT2D eigenvalue weighted by molar-refractivity contribution is 0.0942. The van der Waals surface area contributed by atoms with Crippen LogP contribution in [0.15, 0.2) is 36.4 Å². The summed E-state index contributed by atoms with van der Waals surface area (Å²) in [5.74, 6) is 0.848. The summed E-state index contributed by atoms with van der Waals surface area (Å²) < 4.78 is 0. The van der Waals surface area contributed by atoms with Gasteiger partial charge in [-0.25, -0.2) is 0 Å². The van der Waals surface area contributed by atoms with Gasteiger partial charge in [0, 0.05) is 10.9 Å². The van der Waals surface area contributed by atoms with Gasteiger partial charge in [-0.2, -0.15) is 0 Å². The fourth-order valence-electron chi connectivity index (χ4n) is 4.30. The molecule has 1 aromatic carbocycles. The molecule has 25 heavy (non-hydrogen) atoms. The van der Waals surface area contributed by atoms with Crippen LogP contribution in [0, 0.1) is 0 Å². The van der Waals surface area contributed by atoms with Crippen molar-refractivity contribution in [3.63, 3.8) is 0 Å². The highest BCUT2D eigenvalue weighted by Gasteiger charge is 2.19. The van der Waals surface area contributed by atoms with Crippen LogP contribution in [0.3, 0.4) is 0 Å². The highest BCUT2D eigenvalue weighted by molar-refractivity contribution is 7.17. The van der Waals surface area contributed by atoms with E-state index in [1.165, 1.54) is 60.9 Å². The zero-order chi connectivity index (χ0) is 17.1. The lowest BCUT2D eigenvalue weighted by Gasteiger charge is -2.22. The van der Waals surface area contributed by atoms with Crippen molar-refractivity contribution in [2.24, 2.45) is 0 Å². The predicted octanol–water partition coefficient (Wildman–Crippen LogP) is 6.14. The van der Waals surface area contributed by atoms with Gasteiger partial charge in [-0.3, -0.25) is 4.79 Å². The number of carbonyl (C=O) groups excluding carboxylic acids is 1. The molecule has 2 aliphatic rings. The van der Waals surface area contributed by atoms with Crippen LogP contribution in [0.1, 0.15) is 78.9 Å². The molecule has 2 nitrogen and oxygen atoms in total. The van der Waals surface area contributed by atoms with Crippen LogP contribution in [0.25, 0.3) is 10.4 Å². The number of amides is 1. The summed E-state index contributed by atoms with van der Waals surface area (Å²) in [5, 5.41) is 3.18. The highest BCUT2D eigenvalue weighted by Crippen LogP contribution is 2.35.